The molecule has 2 aromatic rings. The monoisotopic (exact) mass is 441 g/mol. The van der Waals surface area contributed by atoms with Gasteiger partial charge in [0.15, 0.2) is 0 Å². The van der Waals surface area contributed by atoms with E-state index in [1.54, 1.807) is 4.90 Å². The van der Waals surface area contributed by atoms with Gasteiger partial charge in [-0.05, 0) is 43.7 Å². The lowest BCUT2D eigenvalue weighted by atomic mass is 9.98. The Hall–Kier alpha value is -2.77. The number of halogens is 2. The van der Waals surface area contributed by atoms with Crippen LogP contribution in [-0.4, -0.2) is 53.5 Å². The number of hydrogen-bond acceptors (Lipinski definition) is 5. The van der Waals surface area contributed by atoms with Crippen molar-refractivity contribution in [2.45, 2.75) is 45.6 Å². The summed E-state index contributed by atoms with van der Waals surface area (Å²) in [7, 11) is 0. The van der Waals surface area contributed by atoms with Crippen molar-refractivity contribution in [3.63, 3.8) is 0 Å². The molecule has 0 atom stereocenters. The van der Waals surface area contributed by atoms with E-state index >= 15 is 0 Å². The molecule has 2 fully saturated rings. The average molecular weight is 442 g/mol. The van der Waals surface area contributed by atoms with E-state index in [1.807, 2.05) is 0 Å². The van der Waals surface area contributed by atoms with Crippen molar-refractivity contribution in [2.24, 2.45) is 5.92 Å². The lowest BCUT2D eigenvalue weighted by molar-refractivity contribution is 0.0728. The molecule has 1 aromatic heterocycles. The first-order chi connectivity index (χ1) is 15.5. The molecule has 170 valence electrons. The number of rotatable bonds is 3. The van der Waals surface area contributed by atoms with Gasteiger partial charge in [-0.2, -0.15) is 4.98 Å². The van der Waals surface area contributed by atoms with Gasteiger partial charge in [0, 0.05) is 50.8 Å². The van der Waals surface area contributed by atoms with E-state index < -0.39 is 17.5 Å². The first kappa shape index (κ1) is 21.1. The third-order valence-electron chi connectivity index (χ3n) is 6.95. The number of anilines is 2. The molecule has 3 aliphatic rings. The summed E-state index contributed by atoms with van der Waals surface area (Å²) in [5, 5.41) is 0. The summed E-state index contributed by atoms with van der Waals surface area (Å²) in [6.07, 6.45) is 5.14. The normalized spacial score (nSPS) is 19.4. The third-order valence-corrected chi connectivity index (χ3v) is 6.95. The van der Waals surface area contributed by atoms with Crippen molar-refractivity contribution < 1.29 is 13.6 Å². The first-order valence-electron chi connectivity index (χ1n) is 11.6. The highest BCUT2D eigenvalue weighted by atomic mass is 19.1. The summed E-state index contributed by atoms with van der Waals surface area (Å²) < 4.78 is 27.6. The summed E-state index contributed by atoms with van der Waals surface area (Å²) in [5.74, 6) is 0.468. The van der Waals surface area contributed by atoms with Crippen molar-refractivity contribution in [3.05, 3.63) is 46.7 Å². The topological polar surface area (TPSA) is 52.6 Å². The molecule has 1 amide bonds. The molecule has 3 aliphatic heterocycles. The van der Waals surface area contributed by atoms with Crippen LogP contribution in [0.3, 0.4) is 0 Å². The Bertz CT molecular complexity index is 1020. The molecule has 32 heavy (non-hydrogen) atoms. The van der Waals surface area contributed by atoms with Crippen molar-refractivity contribution in [2.75, 3.05) is 42.5 Å². The summed E-state index contributed by atoms with van der Waals surface area (Å²) in [4.78, 5) is 29.1. The Labute approximate surface area is 187 Å². The maximum Gasteiger partial charge on any atom is 0.257 e. The lowest BCUT2D eigenvalue weighted by Gasteiger charge is -2.36. The van der Waals surface area contributed by atoms with Crippen molar-refractivity contribution in [3.8, 4) is 0 Å². The fourth-order valence-corrected chi connectivity index (χ4v) is 4.93. The Kier molecular flexibility index (Phi) is 5.69. The summed E-state index contributed by atoms with van der Waals surface area (Å²) in [6.45, 7) is 6.89. The number of nitrogens with zero attached hydrogens (tertiary/aromatic N) is 5. The number of benzene rings is 1. The molecule has 4 heterocycles. The Morgan fingerprint density at radius 1 is 1.00 bits per heavy atom. The molecule has 0 N–H and O–H groups in total. The number of hydrogen-bond donors (Lipinski definition) is 0. The van der Waals surface area contributed by atoms with Gasteiger partial charge < -0.3 is 14.7 Å². The third kappa shape index (κ3) is 4.02. The van der Waals surface area contributed by atoms with E-state index in [-0.39, 0.29) is 5.56 Å². The highest BCUT2D eigenvalue weighted by Gasteiger charge is 2.31. The second-order valence-corrected chi connectivity index (χ2v) is 9.24. The smallest absolute Gasteiger partial charge is 0.257 e. The summed E-state index contributed by atoms with van der Waals surface area (Å²) in [5.41, 5.74) is 1.85. The summed E-state index contributed by atoms with van der Waals surface area (Å²) in [6, 6.07) is 3.11. The van der Waals surface area contributed by atoms with Crippen LogP contribution < -0.4 is 9.80 Å². The Morgan fingerprint density at radius 3 is 2.47 bits per heavy atom. The molecule has 0 saturated carbocycles. The average Bonchev–Trinajstić information content (AvgIpc) is 3.33. The van der Waals surface area contributed by atoms with Gasteiger partial charge in [0.05, 0.1) is 17.8 Å². The minimum atomic E-state index is -0.827. The highest BCUT2D eigenvalue weighted by molar-refractivity contribution is 5.94. The van der Waals surface area contributed by atoms with Gasteiger partial charge in [-0.25, -0.2) is 13.8 Å². The fourth-order valence-electron chi connectivity index (χ4n) is 4.93. The SMILES string of the molecule is CC1CCN(c2nc(N3CCCC3)nc3c2CN(C(=O)c2ccc(F)cc2F)CC3)CC1. The zero-order valence-electron chi connectivity index (χ0n) is 18.5. The largest absolute Gasteiger partial charge is 0.356 e. The standard InChI is InChI=1S/C24H29F2N5O/c1-16-6-11-29(12-7-16)22-19-15-31(23(32)18-5-4-17(25)14-20(18)26)13-8-21(19)27-24(28-22)30-9-2-3-10-30/h4-5,14,16H,2-3,6-13,15H2,1H3. The van der Waals surface area contributed by atoms with Gasteiger partial charge >= 0.3 is 0 Å². The molecule has 2 saturated heterocycles. The predicted molar refractivity (Wildman–Crippen MR) is 119 cm³/mol. The van der Waals surface area contributed by atoms with Crippen LogP contribution in [0.25, 0.3) is 0 Å². The Morgan fingerprint density at radius 2 is 1.75 bits per heavy atom. The summed E-state index contributed by atoms with van der Waals surface area (Å²) >= 11 is 0. The number of fused-ring (bicyclic) bond motifs is 1. The number of aromatic nitrogens is 2. The minimum Gasteiger partial charge on any atom is -0.356 e. The van der Waals surface area contributed by atoms with Gasteiger partial charge in [0.1, 0.15) is 17.5 Å². The molecule has 0 unspecified atom stereocenters. The first-order valence-corrected chi connectivity index (χ1v) is 11.6. The van der Waals surface area contributed by atoms with Crippen molar-refractivity contribution in [1.29, 1.82) is 0 Å². The zero-order chi connectivity index (χ0) is 22.2. The van der Waals surface area contributed by atoms with Gasteiger partial charge in [-0.3, -0.25) is 4.79 Å². The van der Waals surface area contributed by atoms with E-state index in [0.29, 0.717) is 25.4 Å². The van der Waals surface area contributed by atoms with E-state index in [0.717, 1.165) is 87.0 Å². The molecule has 5 rings (SSSR count). The maximum atomic E-state index is 14.3. The minimum absolute atomic E-state index is 0.0993. The van der Waals surface area contributed by atoms with E-state index in [9.17, 15) is 13.6 Å². The number of piperidine rings is 1. The number of carbonyl (C=O) groups is 1. The van der Waals surface area contributed by atoms with Gasteiger partial charge in [-0.1, -0.05) is 6.92 Å². The van der Waals surface area contributed by atoms with Crippen LogP contribution in [0, 0.1) is 17.6 Å². The Balaban J connectivity index is 1.47. The quantitative estimate of drug-likeness (QED) is 0.726. The molecule has 1 aromatic carbocycles. The lowest BCUT2D eigenvalue weighted by Crippen LogP contribution is -2.40. The number of carbonyl (C=O) groups excluding carboxylic acids is 1. The second-order valence-electron chi connectivity index (χ2n) is 9.24. The second kappa shape index (κ2) is 8.64. The van der Waals surface area contributed by atoms with Crippen LogP contribution >= 0.6 is 0 Å². The molecule has 0 aliphatic carbocycles. The molecular formula is C24H29F2N5O. The molecule has 0 spiro atoms. The maximum absolute atomic E-state index is 14.3. The molecule has 8 heteroatoms. The fraction of sp³-hybridized carbons (Fsp3) is 0.542. The van der Waals surface area contributed by atoms with Crippen LogP contribution in [0.4, 0.5) is 20.5 Å². The van der Waals surface area contributed by atoms with E-state index in [2.05, 4.69) is 16.7 Å². The zero-order valence-corrected chi connectivity index (χ0v) is 18.5. The number of amides is 1. The molecule has 6 nitrogen and oxygen atoms in total. The van der Waals surface area contributed by atoms with E-state index in [4.69, 9.17) is 9.97 Å². The van der Waals surface area contributed by atoms with Crippen LogP contribution in [0.5, 0.6) is 0 Å². The van der Waals surface area contributed by atoms with Crippen molar-refractivity contribution >= 4 is 17.7 Å². The molecular weight excluding hydrogens is 412 g/mol. The van der Waals surface area contributed by atoms with Crippen LogP contribution in [0.1, 0.15) is 54.2 Å². The van der Waals surface area contributed by atoms with Gasteiger partial charge in [0.2, 0.25) is 5.95 Å². The van der Waals surface area contributed by atoms with Crippen LogP contribution in [-0.2, 0) is 13.0 Å². The van der Waals surface area contributed by atoms with E-state index in [1.165, 1.54) is 6.07 Å². The molecule has 0 radical (unpaired) electrons. The van der Waals surface area contributed by atoms with Crippen molar-refractivity contribution in [1.82, 2.24) is 14.9 Å². The van der Waals surface area contributed by atoms with Gasteiger partial charge in [0.25, 0.3) is 5.91 Å². The van der Waals surface area contributed by atoms with Gasteiger partial charge in [-0.15, -0.1) is 0 Å². The highest BCUT2D eigenvalue weighted by Crippen LogP contribution is 2.33. The van der Waals surface area contributed by atoms with Crippen LogP contribution in [0.2, 0.25) is 0 Å². The van der Waals surface area contributed by atoms with Crippen LogP contribution in [0.15, 0.2) is 18.2 Å². The predicted octanol–water partition coefficient (Wildman–Crippen LogP) is 3.79. The molecule has 0 bridgehead atoms.